The summed E-state index contributed by atoms with van der Waals surface area (Å²) in [5.41, 5.74) is 0. The Bertz CT molecular complexity index is 638. The molecule has 104 valence electrons. The predicted molar refractivity (Wildman–Crippen MR) is 77.4 cm³/mol. The van der Waals surface area contributed by atoms with Gasteiger partial charge in [-0.25, -0.2) is 4.98 Å². The fourth-order valence-corrected chi connectivity index (χ4v) is 2.85. The third-order valence-corrected chi connectivity index (χ3v) is 3.90. The van der Waals surface area contributed by atoms with Crippen LogP contribution in [0.3, 0.4) is 0 Å². The molecular weight excluding hydrogens is 254 g/mol. The summed E-state index contributed by atoms with van der Waals surface area (Å²) in [6.45, 7) is 2.40. The summed E-state index contributed by atoms with van der Waals surface area (Å²) in [7, 11) is 0. The van der Waals surface area contributed by atoms with Crippen molar-refractivity contribution in [1.82, 2.24) is 10.3 Å². The van der Waals surface area contributed by atoms with E-state index in [-0.39, 0.29) is 0 Å². The van der Waals surface area contributed by atoms with Crippen LogP contribution in [0.1, 0.15) is 12.8 Å². The number of nitrogens with zero attached hydrogens (tertiary/aromatic N) is 1. The Hall–Kier alpha value is -2.01. The van der Waals surface area contributed by atoms with Crippen LogP contribution >= 0.6 is 0 Å². The number of pyridine rings is 1. The number of piperidine rings is 1. The van der Waals surface area contributed by atoms with Gasteiger partial charge >= 0.3 is 0 Å². The molecule has 4 rings (SSSR count). The lowest BCUT2D eigenvalue weighted by Crippen LogP contribution is -2.38. The van der Waals surface area contributed by atoms with Crippen LogP contribution < -0.4 is 20.1 Å². The smallest absolute Gasteiger partial charge is 0.231 e. The van der Waals surface area contributed by atoms with Crippen molar-refractivity contribution < 1.29 is 9.47 Å². The predicted octanol–water partition coefficient (Wildman–Crippen LogP) is 2.13. The summed E-state index contributed by atoms with van der Waals surface area (Å²) in [6.07, 6.45) is 4.22. The van der Waals surface area contributed by atoms with Crippen LogP contribution in [-0.4, -0.2) is 30.9 Å². The molecule has 0 aliphatic carbocycles. The molecule has 2 aromatic rings. The molecule has 1 fully saturated rings. The minimum atomic E-state index is 0.300. The van der Waals surface area contributed by atoms with Gasteiger partial charge in [-0.05, 0) is 43.0 Å². The van der Waals surface area contributed by atoms with Gasteiger partial charge in [0.25, 0.3) is 0 Å². The van der Waals surface area contributed by atoms with Gasteiger partial charge in [-0.2, -0.15) is 0 Å². The molecule has 2 N–H and O–H groups in total. The first-order valence-corrected chi connectivity index (χ1v) is 7.06. The lowest BCUT2D eigenvalue weighted by Gasteiger charge is -2.24. The average molecular weight is 271 g/mol. The lowest BCUT2D eigenvalue weighted by molar-refractivity contribution is 0.174. The number of hydrogen-bond acceptors (Lipinski definition) is 5. The number of anilines is 1. The number of nitrogens with one attached hydrogen (secondary N) is 2. The van der Waals surface area contributed by atoms with Crippen molar-refractivity contribution in [3.8, 4) is 11.5 Å². The van der Waals surface area contributed by atoms with E-state index in [9.17, 15) is 0 Å². The van der Waals surface area contributed by atoms with E-state index in [0.29, 0.717) is 12.8 Å². The number of benzene rings is 1. The summed E-state index contributed by atoms with van der Waals surface area (Å²) in [6, 6.07) is 6.47. The number of fused-ring (bicyclic) bond motifs is 2. The first-order chi connectivity index (χ1) is 9.90. The zero-order valence-corrected chi connectivity index (χ0v) is 11.2. The maximum absolute atomic E-state index is 5.46. The van der Waals surface area contributed by atoms with E-state index in [1.54, 1.807) is 0 Å². The fraction of sp³-hybridized carbons (Fsp3) is 0.400. The van der Waals surface area contributed by atoms with Gasteiger partial charge in [0, 0.05) is 24.2 Å². The Labute approximate surface area is 117 Å². The second kappa shape index (κ2) is 4.83. The number of hydrogen-bond donors (Lipinski definition) is 2. The van der Waals surface area contributed by atoms with Crippen molar-refractivity contribution in [2.45, 2.75) is 18.9 Å². The summed E-state index contributed by atoms with van der Waals surface area (Å²) < 4.78 is 10.9. The largest absolute Gasteiger partial charge is 0.454 e. The van der Waals surface area contributed by atoms with E-state index in [2.05, 4.69) is 15.6 Å². The lowest BCUT2D eigenvalue weighted by atomic mass is 10.1. The van der Waals surface area contributed by atoms with Gasteiger partial charge < -0.3 is 20.1 Å². The molecule has 1 atom stereocenters. The van der Waals surface area contributed by atoms with Gasteiger partial charge in [-0.1, -0.05) is 0 Å². The van der Waals surface area contributed by atoms with Crippen LogP contribution in [0.15, 0.2) is 24.4 Å². The molecule has 0 saturated carbocycles. The zero-order chi connectivity index (χ0) is 13.4. The number of rotatable bonds is 2. The van der Waals surface area contributed by atoms with Crippen molar-refractivity contribution in [3.63, 3.8) is 0 Å². The van der Waals surface area contributed by atoms with E-state index < -0.39 is 0 Å². The first kappa shape index (κ1) is 11.8. The van der Waals surface area contributed by atoms with Crippen LogP contribution in [-0.2, 0) is 0 Å². The molecule has 1 unspecified atom stereocenters. The molecule has 5 nitrogen and oxygen atoms in total. The average Bonchev–Trinajstić information content (AvgIpc) is 2.94. The topological polar surface area (TPSA) is 55.4 Å². The van der Waals surface area contributed by atoms with E-state index in [1.807, 2.05) is 24.4 Å². The molecule has 0 radical (unpaired) electrons. The molecule has 2 aliphatic heterocycles. The van der Waals surface area contributed by atoms with Crippen LogP contribution in [0.25, 0.3) is 10.8 Å². The van der Waals surface area contributed by atoms with E-state index >= 15 is 0 Å². The van der Waals surface area contributed by atoms with Gasteiger partial charge in [0.2, 0.25) is 6.79 Å². The van der Waals surface area contributed by atoms with E-state index in [4.69, 9.17) is 9.47 Å². The van der Waals surface area contributed by atoms with Crippen molar-refractivity contribution in [1.29, 1.82) is 0 Å². The van der Waals surface area contributed by atoms with Gasteiger partial charge in [0.1, 0.15) is 5.82 Å². The number of ether oxygens (including phenoxy) is 2. The van der Waals surface area contributed by atoms with Crippen LogP contribution in [0.4, 0.5) is 5.82 Å². The molecule has 1 saturated heterocycles. The molecule has 2 aliphatic rings. The van der Waals surface area contributed by atoms with E-state index in [1.165, 1.54) is 12.8 Å². The highest BCUT2D eigenvalue weighted by atomic mass is 16.7. The van der Waals surface area contributed by atoms with E-state index in [0.717, 1.165) is 41.2 Å². The second-order valence-corrected chi connectivity index (χ2v) is 5.27. The van der Waals surface area contributed by atoms with Crippen LogP contribution in [0, 0.1) is 0 Å². The van der Waals surface area contributed by atoms with Crippen molar-refractivity contribution in [3.05, 3.63) is 24.4 Å². The maximum atomic E-state index is 5.46. The highest BCUT2D eigenvalue weighted by Gasteiger charge is 2.18. The quantitative estimate of drug-likeness (QED) is 0.876. The first-order valence-electron chi connectivity index (χ1n) is 7.06. The standard InChI is InChI=1S/C15H17N3O2/c1-2-11(8-16-4-1)18-15-12-7-14-13(19-9-20-14)6-10(12)3-5-17-15/h3,5-7,11,16H,1-2,4,8-9H2,(H,17,18). The fourth-order valence-electron chi connectivity index (χ4n) is 2.85. The molecule has 20 heavy (non-hydrogen) atoms. The van der Waals surface area contributed by atoms with Crippen LogP contribution in [0.5, 0.6) is 11.5 Å². The van der Waals surface area contributed by atoms with Crippen LogP contribution in [0.2, 0.25) is 0 Å². The SMILES string of the molecule is c1cc2cc3c(cc2c(NC2CCCNC2)n1)OCO3. The molecule has 1 aromatic heterocycles. The van der Waals surface area contributed by atoms with Crippen molar-refractivity contribution in [2.24, 2.45) is 0 Å². The minimum absolute atomic E-state index is 0.300. The van der Waals surface area contributed by atoms with Crippen molar-refractivity contribution >= 4 is 16.6 Å². The molecule has 5 heteroatoms. The molecule has 0 spiro atoms. The third kappa shape index (κ3) is 2.04. The highest BCUT2D eigenvalue weighted by molar-refractivity contribution is 5.94. The Kier molecular flexibility index (Phi) is 2.85. The molecule has 1 aromatic carbocycles. The highest BCUT2D eigenvalue weighted by Crippen LogP contribution is 2.37. The third-order valence-electron chi connectivity index (χ3n) is 3.90. The van der Waals surface area contributed by atoms with Crippen molar-refractivity contribution in [2.75, 3.05) is 25.2 Å². The molecule has 3 heterocycles. The monoisotopic (exact) mass is 271 g/mol. The normalized spacial score (nSPS) is 21.1. The minimum Gasteiger partial charge on any atom is -0.454 e. The van der Waals surface area contributed by atoms with Gasteiger partial charge in [0.15, 0.2) is 11.5 Å². The molecule has 0 amide bonds. The summed E-state index contributed by atoms with van der Waals surface area (Å²) in [5, 5.41) is 9.16. The summed E-state index contributed by atoms with van der Waals surface area (Å²) in [4.78, 5) is 4.49. The zero-order valence-electron chi connectivity index (χ0n) is 11.2. The molecule has 0 bridgehead atoms. The Morgan fingerprint density at radius 3 is 3.00 bits per heavy atom. The number of aromatic nitrogens is 1. The molecular formula is C15H17N3O2. The van der Waals surface area contributed by atoms with Gasteiger partial charge in [-0.3, -0.25) is 0 Å². The summed E-state index contributed by atoms with van der Waals surface area (Å²) in [5.74, 6) is 2.54. The Morgan fingerprint density at radius 2 is 2.15 bits per heavy atom. The van der Waals surface area contributed by atoms with Gasteiger partial charge in [-0.15, -0.1) is 0 Å². The second-order valence-electron chi connectivity index (χ2n) is 5.27. The summed E-state index contributed by atoms with van der Waals surface area (Å²) >= 11 is 0. The Morgan fingerprint density at radius 1 is 1.25 bits per heavy atom. The Balaban J connectivity index is 1.71. The maximum Gasteiger partial charge on any atom is 0.231 e. The van der Waals surface area contributed by atoms with Gasteiger partial charge in [0.05, 0.1) is 0 Å².